The maximum absolute atomic E-state index is 12.8. The summed E-state index contributed by atoms with van der Waals surface area (Å²) in [6.07, 6.45) is 2.03. The number of carbonyl (C=O) groups is 1. The first-order chi connectivity index (χ1) is 11.2. The second-order valence-corrected chi connectivity index (χ2v) is 7.83. The maximum atomic E-state index is 12.8. The first-order valence-corrected chi connectivity index (χ1v) is 9.91. The third kappa shape index (κ3) is 4.00. The highest BCUT2D eigenvalue weighted by molar-refractivity contribution is 7.14. The molecule has 0 aliphatic carbocycles. The number of aromatic nitrogens is 1. The lowest BCUT2D eigenvalue weighted by molar-refractivity contribution is 0.0766. The van der Waals surface area contributed by atoms with Crippen LogP contribution in [0.1, 0.15) is 39.2 Å². The van der Waals surface area contributed by atoms with Crippen molar-refractivity contribution in [3.63, 3.8) is 0 Å². The van der Waals surface area contributed by atoms with Crippen molar-refractivity contribution < 1.29 is 4.79 Å². The number of hydrogen-bond acceptors (Lipinski definition) is 5. The van der Waals surface area contributed by atoms with Crippen molar-refractivity contribution in [1.82, 2.24) is 14.8 Å². The molecule has 0 atom stereocenters. The van der Waals surface area contributed by atoms with Crippen molar-refractivity contribution in [2.75, 3.05) is 26.2 Å². The molecule has 1 saturated heterocycles. The summed E-state index contributed by atoms with van der Waals surface area (Å²) in [6.45, 7) is 8.76. The lowest BCUT2D eigenvalue weighted by Crippen LogP contribution is -2.34. The quantitative estimate of drug-likeness (QED) is 0.848. The largest absolute Gasteiger partial charge is 0.337 e. The number of rotatable bonds is 4. The zero-order chi connectivity index (χ0) is 16.2. The summed E-state index contributed by atoms with van der Waals surface area (Å²) < 4.78 is 0. The van der Waals surface area contributed by atoms with Crippen LogP contribution in [0.5, 0.6) is 0 Å². The number of carbonyl (C=O) groups excluding carboxylic acids is 1. The molecule has 4 nitrogen and oxygen atoms in total. The molecule has 0 bridgehead atoms. The Morgan fingerprint density at radius 2 is 2.17 bits per heavy atom. The van der Waals surface area contributed by atoms with Gasteiger partial charge in [-0.1, -0.05) is 6.92 Å². The Balaban J connectivity index is 1.61. The average Bonchev–Trinajstić information content (AvgIpc) is 3.12. The summed E-state index contributed by atoms with van der Waals surface area (Å²) in [6, 6.07) is 2.06. The SMILES string of the molecule is CCc1sc(C(=O)N2CCCN(Cc3cscn3)CC2)cc1C. The van der Waals surface area contributed by atoms with E-state index in [-0.39, 0.29) is 5.91 Å². The Morgan fingerprint density at radius 1 is 1.30 bits per heavy atom. The fraction of sp³-hybridized carbons (Fsp3) is 0.529. The Kier molecular flexibility index (Phi) is 5.46. The maximum Gasteiger partial charge on any atom is 0.263 e. The van der Waals surface area contributed by atoms with Crippen molar-refractivity contribution >= 4 is 28.6 Å². The van der Waals surface area contributed by atoms with Crippen LogP contribution in [0, 0.1) is 6.92 Å². The summed E-state index contributed by atoms with van der Waals surface area (Å²) >= 11 is 3.30. The molecule has 0 spiro atoms. The molecule has 0 radical (unpaired) electrons. The summed E-state index contributed by atoms with van der Waals surface area (Å²) in [4.78, 5) is 23.8. The van der Waals surface area contributed by atoms with Crippen LogP contribution in [0.2, 0.25) is 0 Å². The van der Waals surface area contributed by atoms with E-state index in [0.29, 0.717) is 0 Å². The molecule has 2 aromatic rings. The van der Waals surface area contributed by atoms with Gasteiger partial charge in [-0.25, -0.2) is 4.98 Å². The number of hydrogen-bond donors (Lipinski definition) is 0. The van der Waals surface area contributed by atoms with Crippen molar-refractivity contribution in [2.45, 2.75) is 33.2 Å². The van der Waals surface area contributed by atoms with Crippen LogP contribution in [-0.4, -0.2) is 46.9 Å². The van der Waals surface area contributed by atoms with Gasteiger partial charge in [-0.2, -0.15) is 0 Å². The lowest BCUT2D eigenvalue weighted by atomic mass is 10.2. The molecular weight excluding hydrogens is 326 g/mol. The Morgan fingerprint density at radius 3 is 2.87 bits per heavy atom. The smallest absolute Gasteiger partial charge is 0.263 e. The minimum absolute atomic E-state index is 0.202. The minimum Gasteiger partial charge on any atom is -0.337 e. The summed E-state index contributed by atoms with van der Waals surface area (Å²) in [5, 5.41) is 2.11. The molecule has 1 aliphatic heterocycles. The third-order valence-electron chi connectivity index (χ3n) is 4.30. The first kappa shape index (κ1) is 16.6. The molecule has 0 N–H and O–H groups in total. The fourth-order valence-corrected chi connectivity index (χ4v) is 4.64. The Labute approximate surface area is 145 Å². The summed E-state index contributed by atoms with van der Waals surface area (Å²) in [5.41, 5.74) is 4.27. The van der Waals surface area contributed by atoms with E-state index in [2.05, 4.69) is 35.2 Å². The highest BCUT2D eigenvalue weighted by Gasteiger charge is 2.22. The Bertz CT molecular complexity index is 651. The van der Waals surface area contributed by atoms with Crippen LogP contribution in [0.25, 0.3) is 0 Å². The van der Waals surface area contributed by atoms with Crippen molar-refractivity contribution in [1.29, 1.82) is 0 Å². The monoisotopic (exact) mass is 349 g/mol. The predicted octanol–water partition coefficient (Wildman–Crippen LogP) is 3.42. The van der Waals surface area contributed by atoms with Gasteiger partial charge in [0.25, 0.3) is 5.91 Å². The standard InChI is InChI=1S/C17H23N3OS2/c1-3-15-13(2)9-16(23-15)17(21)20-6-4-5-19(7-8-20)10-14-11-22-12-18-14/h9,11-12H,3-8,10H2,1-2H3. The van der Waals surface area contributed by atoms with Crippen molar-refractivity contribution in [3.8, 4) is 0 Å². The average molecular weight is 350 g/mol. The molecule has 0 unspecified atom stereocenters. The van der Waals surface area contributed by atoms with Crippen molar-refractivity contribution in [2.24, 2.45) is 0 Å². The number of amides is 1. The van der Waals surface area contributed by atoms with E-state index in [0.717, 1.165) is 56.1 Å². The molecule has 124 valence electrons. The number of thiazole rings is 1. The summed E-state index contributed by atoms with van der Waals surface area (Å²) in [5.74, 6) is 0.202. The number of thiophene rings is 1. The number of nitrogens with zero attached hydrogens (tertiary/aromatic N) is 3. The van der Waals surface area contributed by atoms with Gasteiger partial charge in [-0.05, 0) is 31.4 Å². The fourth-order valence-electron chi connectivity index (χ4n) is 3.01. The first-order valence-electron chi connectivity index (χ1n) is 8.15. The Hall–Kier alpha value is -1.24. The zero-order valence-corrected chi connectivity index (χ0v) is 15.4. The molecule has 1 amide bonds. The van der Waals surface area contributed by atoms with E-state index in [1.807, 2.05) is 10.4 Å². The zero-order valence-electron chi connectivity index (χ0n) is 13.7. The molecule has 0 aromatic carbocycles. The second kappa shape index (κ2) is 7.55. The normalized spacial score (nSPS) is 16.5. The highest BCUT2D eigenvalue weighted by atomic mass is 32.1. The van der Waals surface area contributed by atoms with Crippen LogP contribution in [-0.2, 0) is 13.0 Å². The molecule has 2 aromatic heterocycles. The van der Waals surface area contributed by atoms with Crippen LogP contribution in [0.3, 0.4) is 0 Å². The predicted molar refractivity (Wildman–Crippen MR) is 96.3 cm³/mol. The van der Waals surface area contributed by atoms with Crippen LogP contribution >= 0.6 is 22.7 Å². The minimum atomic E-state index is 0.202. The molecule has 1 aliphatic rings. The van der Waals surface area contributed by atoms with Crippen molar-refractivity contribution in [3.05, 3.63) is 38.0 Å². The topological polar surface area (TPSA) is 36.4 Å². The van der Waals surface area contributed by atoms with Crippen LogP contribution in [0.15, 0.2) is 17.0 Å². The third-order valence-corrected chi connectivity index (χ3v) is 6.30. The van der Waals surface area contributed by atoms with Gasteiger partial charge in [0.1, 0.15) is 0 Å². The van der Waals surface area contributed by atoms with E-state index in [9.17, 15) is 4.79 Å². The molecule has 0 saturated carbocycles. The van der Waals surface area contributed by atoms with Crippen LogP contribution in [0.4, 0.5) is 0 Å². The summed E-state index contributed by atoms with van der Waals surface area (Å²) in [7, 11) is 0. The molecule has 6 heteroatoms. The molecule has 3 heterocycles. The molecule has 23 heavy (non-hydrogen) atoms. The van der Waals surface area contributed by atoms with E-state index in [1.165, 1.54) is 10.4 Å². The van der Waals surface area contributed by atoms with E-state index >= 15 is 0 Å². The second-order valence-electron chi connectivity index (χ2n) is 5.97. The van der Waals surface area contributed by atoms with Gasteiger partial charge in [0.05, 0.1) is 16.1 Å². The van der Waals surface area contributed by atoms with Gasteiger partial charge in [0.2, 0.25) is 0 Å². The lowest BCUT2D eigenvalue weighted by Gasteiger charge is -2.21. The van der Waals surface area contributed by atoms with Gasteiger partial charge in [0.15, 0.2) is 0 Å². The van der Waals surface area contributed by atoms with Gasteiger partial charge in [0, 0.05) is 43.0 Å². The van der Waals surface area contributed by atoms with E-state index in [1.54, 1.807) is 22.7 Å². The van der Waals surface area contributed by atoms with Gasteiger partial charge in [-0.15, -0.1) is 22.7 Å². The van der Waals surface area contributed by atoms with E-state index in [4.69, 9.17) is 0 Å². The van der Waals surface area contributed by atoms with Gasteiger partial charge >= 0.3 is 0 Å². The van der Waals surface area contributed by atoms with Crippen LogP contribution < -0.4 is 0 Å². The highest BCUT2D eigenvalue weighted by Crippen LogP contribution is 2.24. The van der Waals surface area contributed by atoms with Gasteiger partial charge < -0.3 is 4.90 Å². The van der Waals surface area contributed by atoms with Gasteiger partial charge in [-0.3, -0.25) is 9.69 Å². The molecule has 1 fully saturated rings. The molecule has 3 rings (SSSR count). The number of aryl methyl sites for hydroxylation is 2. The van der Waals surface area contributed by atoms with E-state index < -0.39 is 0 Å². The molecular formula is C17H23N3OS2.